The number of benzene rings is 2. The molecule has 0 unspecified atom stereocenters. The minimum Gasteiger partial charge on any atom is -0.488 e. The van der Waals surface area contributed by atoms with E-state index in [1.54, 1.807) is 27.3 Å². The number of aryl methyl sites for hydroxylation is 2. The molecule has 4 heterocycles. The highest BCUT2D eigenvalue weighted by Gasteiger charge is 2.39. The number of aromatic nitrogens is 4. The number of fused-ring (bicyclic) bond motifs is 4. The zero-order chi connectivity index (χ0) is 30.6. The van der Waals surface area contributed by atoms with Gasteiger partial charge in [-0.3, -0.25) is 4.79 Å². The first kappa shape index (κ1) is 31.0. The van der Waals surface area contributed by atoms with Gasteiger partial charge < -0.3 is 14.7 Å². The monoisotopic (exact) mass is 632 g/mol. The van der Waals surface area contributed by atoms with E-state index in [2.05, 4.69) is 20.2 Å². The molecule has 0 amide bonds. The van der Waals surface area contributed by atoms with Crippen LogP contribution in [0.3, 0.4) is 0 Å². The molecule has 1 aliphatic carbocycles. The fourth-order valence-corrected chi connectivity index (χ4v) is 8.20. The van der Waals surface area contributed by atoms with Crippen LogP contribution in [0.1, 0.15) is 74.1 Å². The minimum atomic E-state index is -3.83. The molecule has 0 radical (unpaired) electrons. The molecule has 4 aromatic rings. The summed E-state index contributed by atoms with van der Waals surface area (Å²) >= 11 is 0. The van der Waals surface area contributed by atoms with Gasteiger partial charge in [0, 0.05) is 44.8 Å². The Balaban J connectivity index is 0.00000357. The zero-order valence-electron chi connectivity index (χ0n) is 24.9. The van der Waals surface area contributed by atoms with Crippen molar-refractivity contribution in [3.63, 3.8) is 0 Å². The lowest BCUT2D eigenvalue weighted by Gasteiger charge is -2.36. The Morgan fingerprint density at radius 2 is 1.93 bits per heavy atom. The van der Waals surface area contributed by atoms with Gasteiger partial charge >= 0.3 is 5.97 Å². The Morgan fingerprint density at radius 1 is 1.11 bits per heavy atom. The van der Waals surface area contributed by atoms with Crippen LogP contribution in [0.25, 0.3) is 11.0 Å². The van der Waals surface area contributed by atoms with Crippen molar-refractivity contribution in [2.24, 2.45) is 7.05 Å². The first-order chi connectivity index (χ1) is 21.2. The number of hydrogen-bond acceptors (Lipinski definition) is 8. The second-order valence-electron chi connectivity index (χ2n) is 12.2. The fraction of sp³-hybridized carbons (Fsp3) is 0.455. The van der Waals surface area contributed by atoms with E-state index in [1.165, 1.54) is 0 Å². The van der Waals surface area contributed by atoms with E-state index in [0.29, 0.717) is 23.6 Å². The van der Waals surface area contributed by atoms with Gasteiger partial charge in [-0.25, -0.2) is 18.1 Å². The largest absolute Gasteiger partial charge is 0.488 e. The van der Waals surface area contributed by atoms with E-state index < -0.39 is 21.9 Å². The molecule has 1 N–H and O–H groups in total. The van der Waals surface area contributed by atoms with E-state index in [9.17, 15) is 18.3 Å². The Hall–Kier alpha value is -4.03. The molecule has 2 fully saturated rings. The number of carboxylic acid groups (broad SMARTS) is 1. The van der Waals surface area contributed by atoms with Gasteiger partial charge in [0.25, 0.3) is 0 Å². The number of carboxylic acids is 1. The molecule has 0 spiro atoms. The van der Waals surface area contributed by atoms with E-state index in [1.807, 2.05) is 44.3 Å². The number of ether oxygens (including phenoxy) is 1. The maximum absolute atomic E-state index is 14.1. The predicted molar refractivity (Wildman–Crippen MR) is 171 cm³/mol. The van der Waals surface area contributed by atoms with Crippen molar-refractivity contribution >= 4 is 32.8 Å². The molecule has 2 aromatic heterocycles. The van der Waals surface area contributed by atoms with E-state index in [-0.39, 0.29) is 37.4 Å². The maximum atomic E-state index is 14.1. The van der Waals surface area contributed by atoms with Crippen molar-refractivity contribution in [1.82, 2.24) is 24.3 Å². The smallest absolute Gasteiger partial charge is 0.304 e. The number of pyridine rings is 1. The normalized spacial score (nSPS) is 20.0. The lowest BCUT2D eigenvalue weighted by molar-refractivity contribution is -0.137. The maximum Gasteiger partial charge on any atom is 0.304 e. The Kier molecular flexibility index (Phi) is 8.30. The third-order valence-corrected chi connectivity index (χ3v) is 10.9. The van der Waals surface area contributed by atoms with Crippen LogP contribution in [0.5, 0.6) is 5.75 Å². The van der Waals surface area contributed by atoms with Gasteiger partial charge in [-0.1, -0.05) is 30.8 Å². The topological polar surface area (TPSA) is 131 Å². The lowest BCUT2D eigenvalue weighted by Crippen LogP contribution is -2.45. The molecular formula is C33H40N6O5S. The minimum absolute atomic E-state index is 0. The number of aliphatic carboxylic acids is 1. The molecule has 7 rings (SSSR count). The third kappa shape index (κ3) is 5.88. The zero-order valence-corrected chi connectivity index (χ0v) is 25.7. The molecule has 2 aromatic carbocycles. The van der Waals surface area contributed by atoms with Crippen LogP contribution in [0.2, 0.25) is 0 Å². The highest BCUT2D eigenvalue weighted by atomic mass is 32.2. The molecule has 45 heavy (non-hydrogen) atoms. The van der Waals surface area contributed by atoms with Crippen molar-refractivity contribution in [3.8, 4) is 5.75 Å². The van der Waals surface area contributed by atoms with Gasteiger partial charge in [-0.15, -0.1) is 5.10 Å². The van der Waals surface area contributed by atoms with Crippen molar-refractivity contribution < 1.29 is 23.1 Å². The Labute approximate surface area is 263 Å². The quantitative estimate of drug-likeness (QED) is 0.285. The van der Waals surface area contributed by atoms with E-state index in [0.717, 1.165) is 66.4 Å². The van der Waals surface area contributed by atoms with Crippen LogP contribution in [-0.4, -0.2) is 69.0 Å². The summed E-state index contributed by atoms with van der Waals surface area (Å²) < 4.78 is 37.6. The van der Waals surface area contributed by atoms with Crippen LogP contribution in [0.15, 0.2) is 53.6 Å². The number of sulfonamides is 1. The Bertz CT molecular complexity index is 1850. The van der Waals surface area contributed by atoms with Gasteiger partial charge in [0.1, 0.15) is 27.5 Å². The number of carbonyl (C=O) groups is 1. The average molecular weight is 633 g/mol. The third-order valence-electron chi connectivity index (χ3n) is 9.09. The molecule has 11 nitrogen and oxygen atoms in total. The summed E-state index contributed by atoms with van der Waals surface area (Å²) in [6, 6.07) is 13.0. The number of hydrogen-bond donors (Lipinski definition) is 1. The molecule has 2 atom stereocenters. The summed E-state index contributed by atoms with van der Waals surface area (Å²) in [5.74, 6) is -0.248. The Morgan fingerprint density at radius 3 is 2.71 bits per heavy atom. The van der Waals surface area contributed by atoms with Gasteiger partial charge in [-0.05, 0) is 85.5 Å². The SMILES string of the molecule is C.Cc1ccc([C@H](CC(=O)O)c2cc(OC3CC3)c3c(c2)nnn3C)cc1CN1C[C@H]2CCCCN2c2ncccc2S1(=O)=O. The fourth-order valence-electron chi connectivity index (χ4n) is 6.59. The van der Waals surface area contributed by atoms with E-state index >= 15 is 0 Å². The highest BCUT2D eigenvalue weighted by molar-refractivity contribution is 7.89. The first-order valence-electron chi connectivity index (χ1n) is 15.2. The summed E-state index contributed by atoms with van der Waals surface area (Å²) in [6.07, 6.45) is 6.57. The van der Waals surface area contributed by atoms with Crippen LogP contribution in [-0.2, 0) is 28.4 Å². The predicted octanol–water partition coefficient (Wildman–Crippen LogP) is 5.02. The van der Waals surface area contributed by atoms with E-state index in [4.69, 9.17) is 4.74 Å². The summed E-state index contributed by atoms with van der Waals surface area (Å²) in [5, 5.41) is 18.5. The summed E-state index contributed by atoms with van der Waals surface area (Å²) in [6.45, 7) is 3.29. The molecule has 2 aliphatic heterocycles. The van der Waals surface area contributed by atoms with Crippen LogP contribution >= 0.6 is 0 Å². The van der Waals surface area contributed by atoms with Crippen molar-refractivity contribution in [2.75, 3.05) is 18.0 Å². The lowest BCUT2D eigenvalue weighted by atomic mass is 9.86. The van der Waals surface area contributed by atoms with Gasteiger partial charge in [-0.2, -0.15) is 4.31 Å². The molecule has 238 valence electrons. The van der Waals surface area contributed by atoms with Crippen LogP contribution in [0, 0.1) is 6.92 Å². The summed E-state index contributed by atoms with van der Waals surface area (Å²) in [5.41, 5.74) is 4.76. The molecule has 3 aliphatic rings. The number of rotatable bonds is 8. The number of anilines is 1. The van der Waals surface area contributed by atoms with Gasteiger partial charge in [0.15, 0.2) is 0 Å². The standard InChI is InChI=1S/C32H36N6O5S.CH4/c1-20-8-9-21(26(17-30(39)40)22-15-27-31(36(2)35-34-27)28(16-22)43-25-10-11-25)14-23(20)18-37-19-24-6-3-4-13-38(24)32-29(44(37,41)42)7-5-12-33-32;/h5,7-9,12,14-16,24-26H,3-4,6,10-11,13,17-19H2,1-2H3,(H,39,40);1H4/t24-,26+;/m1./s1. The van der Waals surface area contributed by atoms with Gasteiger partial charge in [0.05, 0.1) is 12.5 Å². The van der Waals surface area contributed by atoms with Crippen LogP contribution < -0.4 is 9.64 Å². The molecule has 0 bridgehead atoms. The second kappa shape index (κ2) is 12.1. The number of nitrogens with zero attached hydrogens (tertiary/aromatic N) is 6. The average Bonchev–Trinajstić information content (AvgIpc) is 3.76. The highest BCUT2D eigenvalue weighted by Crippen LogP contribution is 2.39. The second-order valence-corrected chi connectivity index (χ2v) is 14.1. The number of piperidine rings is 1. The van der Waals surface area contributed by atoms with Crippen molar-refractivity contribution in [1.29, 1.82) is 0 Å². The molecule has 1 saturated heterocycles. The summed E-state index contributed by atoms with van der Waals surface area (Å²) in [7, 11) is -2.02. The van der Waals surface area contributed by atoms with Crippen molar-refractivity contribution in [3.05, 3.63) is 70.9 Å². The molecule has 12 heteroatoms. The molecule has 1 saturated carbocycles. The first-order valence-corrected chi connectivity index (χ1v) is 16.7. The molecular weight excluding hydrogens is 592 g/mol. The van der Waals surface area contributed by atoms with Crippen LogP contribution in [0.4, 0.5) is 5.82 Å². The van der Waals surface area contributed by atoms with Gasteiger partial charge in [0.2, 0.25) is 10.0 Å². The summed E-state index contributed by atoms with van der Waals surface area (Å²) in [4.78, 5) is 19.1. The van der Waals surface area contributed by atoms with Crippen molar-refractivity contribution in [2.45, 2.75) is 82.4 Å².